The molecule has 0 amide bonds. The van der Waals surface area contributed by atoms with Crippen LogP contribution in [-0.4, -0.2) is 37.1 Å². The largest absolute Gasteiger partial charge is 0.491 e. The van der Waals surface area contributed by atoms with E-state index in [9.17, 15) is 0 Å². The summed E-state index contributed by atoms with van der Waals surface area (Å²) < 4.78 is 6.25. The second-order valence-corrected chi connectivity index (χ2v) is 6.72. The first-order valence-electron chi connectivity index (χ1n) is 8.54. The lowest BCUT2D eigenvalue weighted by Gasteiger charge is -2.24. The highest BCUT2D eigenvalue weighted by atomic mass is 35.5. The molecular weight excluding hydrogens is 332 g/mol. The second-order valence-electron chi connectivity index (χ2n) is 6.31. The van der Waals surface area contributed by atoms with E-state index in [0.717, 1.165) is 52.6 Å². The number of likely N-dealkylation sites (N-methyl/N-ethyl adjacent to an activating group) is 1. The summed E-state index contributed by atoms with van der Waals surface area (Å²) in [5, 5.41) is 0.740. The Kier molecular flexibility index (Phi) is 5.90. The highest BCUT2D eigenvalue weighted by molar-refractivity contribution is 6.32. The fourth-order valence-corrected chi connectivity index (χ4v) is 3.16. The highest BCUT2D eigenvalue weighted by Gasteiger charge is 2.22. The predicted molar refractivity (Wildman–Crippen MR) is 104 cm³/mol. The SMILES string of the molecule is CN(C)CCOC1=C(c2ccccn2)CCC=C1c1ccccc1Cl. The van der Waals surface area contributed by atoms with Gasteiger partial charge in [-0.05, 0) is 45.1 Å². The van der Waals surface area contributed by atoms with Crippen molar-refractivity contribution in [1.29, 1.82) is 0 Å². The van der Waals surface area contributed by atoms with Gasteiger partial charge in [0, 0.05) is 34.5 Å². The number of pyridine rings is 1. The maximum Gasteiger partial charge on any atom is 0.132 e. The van der Waals surface area contributed by atoms with Gasteiger partial charge in [-0.15, -0.1) is 0 Å². The van der Waals surface area contributed by atoms with Gasteiger partial charge in [-0.1, -0.05) is 41.9 Å². The van der Waals surface area contributed by atoms with Gasteiger partial charge >= 0.3 is 0 Å². The van der Waals surface area contributed by atoms with E-state index in [2.05, 4.69) is 16.0 Å². The number of hydrogen-bond acceptors (Lipinski definition) is 3. The van der Waals surface area contributed by atoms with Gasteiger partial charge in [0.25, 0.3) is 0 Å². The van der Waals surface area contributed by atoms with Gasteiger partial charge in [0.05, 0.1) is 5.69 Å². The van der Waals surface area contributed by atoms with Crippen LogP contribution in [0.15, 0.2) is 60.5 Å². The number of ether oxygens (including phenoxy) is 1. The summed E-state index contributed by atoms with van der Waals surface area (Å²) in [6.07, 6.45) is 5.92. The molecule has 1 aromatic carbocycles. The van der Waals surface area contributed by atoms with Crippen LogP contribution >= 0.6 is 11.6 Å². The van der Waals surface area contributed by atoms with Crippen molar-refractivity contribution in [3.63, 3.8) is 0 Å². The van der Waals surface area contributed by atoms with E-state index in [0.29, 0.717) is 6.61 Å². The predicted octanol–water partition coefficient (Wildman–Crippen LogP) is 4.90. The van der Waals surface area contributed by atoms with Gasteiger partial charge in [-0.3, -0.25) is 4.98 Å². The van der Waals surface area contributed by atoms with Gasteiger partial charge in [0.1, 0.15) is 12.4 Å². The van der Waals surface area contributed by atoms with E-state index in [1.54, 1.807) is 0 Å². The van der Waals surface area contributed by atoms with Crippen molar-refractivity contribution in [2.45, 2.75) is 12.8 Å². The molecule has 0 bridgehead atoms. The lowest BCUT2D eigenvalue weighted by molar-refractivity contribution is 0.195. The smallest absolute Gasteiger partial charge is 0.132 e. The molecule has 130 valence electrons. The molecule has 1 aromatic heterocycles. The Balaban J connectivity index is 2.02. The molecule has 1 heterocycles. The summed E-state index contributed by atoms with van der Waals surface area (Å²) >= 11 is 6.46. The van der Waals surface area contributed by atoms with Crippen molar-refractivity contribution < 1.29 is 4.74 Å². The topological polar surface area (TPSA) is 25.4 Å². The first kappa shape index (κ1) is 17.7. The van der Waals surface area contributed by atoms with E-state index in [4.69, 9.17) is 16.3 Å². The van der Waals surface area contributed by atoms with Crippen LogP contribution in [0.25, 0.3) is 11.1 Å². The molecule has 0 N–H and O–H groups in total. The molecule has 0 saturated carbocycles. The van der Waals surface area contributed by atoms with Crippen molar-refractivity contribution in [3.05, 3.63) is 76.8 Å². The summed E-state index contributed by atoms with van der Waals surface area (Å²) in [4.78, 5) is 6.65. The molecule has 0 saturated heterocycles. The number of aromatic nitrogens is 1. The molecule has 0 spiro atoms. The van der Waals surface area contributed by atoms with E-state index in [1.807, 2.05) is 62.8 Å². The van der Waals surface area contributed by atoms with Crippen LogP contribution < -0.4 is 0 Å². The Labute approximate surface area is 154 Å². The molecule has 0 unspecified atom stereocenters. The molecule has 2 aromatic rings. The lowest BCUT2D eigenvalue weighted by Crippen LogP contribution is -2.19. The number of nitrogens with zero attached hydrogens (tertiary/aromatic N) is 2. The summed E-state index contributed by atoms with van der Waals surface area (Å²) in [5.41, 5.74) is 4.20. The molecule has 0 radical (unpaired) electrons. The van der Waals surface area contributed by atoms with Gasteiger partial charge in [-0.25, -0.2) is 0 Å². The van der Waals surface area contributed by atoms with Crippen LogP contribution in [-0.2, 0) is 4.74 Å². The summed E-state index contributed by atoms with van der Waals surface area (Å²) in [6.45, 7) is 1.48. The molecule has 25 heavy (non-hydrogen) atoms. The van der Waals surface area contributed by atoms with E-state index in [1.165, 1.54) is 0 Å². The van der Waals surface area contributed by atoms with Crippen LogP contribution in [0.4, 0.5) is 0 Å². The minimum absolute atomic E-state index is 0.625. The Morgan fingerprint density at radius 2 is 1.92 bits per heavy atom. The van der Waals surface area contributed by atoms with Gasteiger partial charge in [0.2, 0.25) is 0 Å². The number of rotatable bonds is 6. The molecule has 3 rings (SSSR count). The van der Waals surface area contributed by atoms with Gasteiger partial charge in [-0.2, -0.15) is 0 Å². The van der Waals surface area contributed by atoms with Crippen molar-refractivity contribution in [2.75, 3.05) is 27.2 Å². The monoisotopic (exact) mass is 354 g/mol. The summed E-state index contributed by atoms with van der Waals surface area (Å²) in [6, 6.07) is 13.9. The van der Waals surface area contributed by atoms with Crippen LogP contribution in [0.3, 0.4) is 0 Å². The van der Waals surface area contributed by atoms with E-state index >= 15 is 0 Å². The molecule has 0 aliphatic heterocycles. The van der Waals surface area contributed by atoms with Crippen LogP contribution in [0, 0.1) is 0 Å². The molecule has 1 aliphatic rings. The fourth-order valence-electron chi connectivity index (χ4n) is 2.92. The molecule has 3 nitrogen and oxygen atoms in total. The van der Waals surface area contributed by atoms with Crippen LogP contribution in [0.2, 0.25) is 5.02 Å². The quantitative estimate of drug-likeness (QED) is 0.737. The Morgan fingerprint density at radius 3 is 2.64 bits per heavy atom. The zero-order valence-electron chi connectivity index (χ0n) is 14.7. The third kappa shape index (κ3) is 4.30. The number of hydrogen-bond donors (Lipinski definition) is 0. The zero-order valence-corrected chi connectivity index (χ0v) is 15.5. The molecular formula is C21H23ClN2O. The maximum absolute atomic E-state index is 6.46. The first-order valence-corrected chi connectivity index (χ1v) is 8.92. The third-order valence-electron chi connectivity index (χ3n) is 4.18. The van der Waals surface area contributed by atoms with Gasteiger partial charge < -0.3 is 9.64 Å². The molecule has 4 heteroatoms. The minimum Gasteiger partial charge on any atom is -0.491 e. The zero-order chi connectivity index (χ0) is 17.6. The number of benzene rings is 1. The van der Waals surface area contributed by atoms with Crippen LogP contribution in [0.5, 0.6) is 0 Å². The first-order chi connectivity index (χ1) is 12.2. The Morgan fingerprint density at radius 1 is 1.12 bits per heavy atom. The second kappa shape index (κ2) is 8.32. The van der Waals surface area contributed by atoms with Crippen LogP contribution in [0.1, 0.15) is 24.1 Å². The Bertz CT molecular complexity index is 781. The number of allylic oxidation sites excluding steroid dienone is 3. The maximum atomic E-state index is 6.46. The van der Waals surface area contributed by atoms with E-state index in [-0.39, 0.29) is 0 Å². The molecule has 1 aliphatic carbocycles. The normalized spacial score (nSPS) is 14.6. The van der Waals surface area contributed by atoms with Crippen molar-refractivity contribution in [1.82, 2.24) is 9.88 Å². The molecule has 0 atom stereocenters. The Hall–Kier alpha value is -2.10. The fraction of sp³-hybridized carbons (Fsp3) is 0.286. The average molecular weight is 355 g/mol. The third-order valence-corrected chi connectivity index (χ3v) is 4.51. The van der Waals surface area contributed by atoms with Crippen molar-refractivity contribution in [2.24, 2.45) is 0 Å². The summed E-state index contributed by atoms with van der Waals surface area (Å²) in [5.74, 6) is 0.903. The standard InChI is InChI=1S/C21H23ClN2O/c1-24(2)14-15-25-21-17(16-8-3-4-11-19(16)22)9-7-10-18(21)20-12-5-6-13-23-20/h3-6,8-9,11-13H,7,10,14-15H2,1-2H3. The minimum atomic E-state index is 0.625. The highest BCUT2D eigenvalue weighted by Crippen LogP contribution is 2.39. The van der Waals surface area contributed by atoms with Crippen molar-refractivity contribution in [3.8, 4) is 0 Å². The van der Waals surface area contributed by atoms with Gasteiger partial charge in [0.15, 0.2) is 0 Å². The molecule has 0 fully saturated rings. The number of halogens is 1. The summed E-state index contributed by atoms with van der Waals surface area (Å²) in [7, 11) is 4.09. The van der Waals surface area contributed by atoms with Crippen molar-refractivity contribution >= 4 is 22.7 Å². The lowest BCUT2D eigenvalue weighted by atomic mass is 9.90. The van der Waals surface area contributed by atoms with E-state index < -0.39 is 0 Å². The average Bonchev–Trinajstić information content (AvgIpc) is 2.63.